The Morgan fingerprint density at radius 3 is 2.57 bits per heavy atom. The first-order valence-electron chi connectivity index (χ1n) is 6.59. The van der Waals surface area contributed by atoms with Crippen LogP contribution < -0.4 is 4.74 Å². The lowest BCUT2D eigenvalue weighted by atomic mass is 10.3. The van der Waals surface area contributed by atoms with Crippen LogP contribution >= 0.6 is 15.9 Å². The summed E-state index contributed by atoms with van der Waals surface area (Å²) in [5, 5.41) is 4.21. The number of ether oxygens (including phenoxy) is 2. The molecule has 0 amide bonds. The van der Waals surface area contributed by atoms with E-state index in [0.29, 0.717) is 6.61 Å². The number of benzene rings is 1. The van der Waals surface area contributed by atoms with Crippen molar-refractivity contribution in [3.8, 4) is 5.75 Å². The lowest BCUT2D eigenvalue weighted by Crippen LogP contribution is -2.18. The van der Waals surface area contributed by atoms with Gasteiger partial charge in [0.25, 0.3) is 0 Å². The van der Waals surface area contributed by atoms with E-state index in [1.165, 1.54) is 0 Å². The van der Waals surface area contributed by atoms with Gasteiger partial charge >= 0.3 is 5.97 Å². The van der Waals surface area contributed by atoms with Crippen molar-refractivity contribution in [3.05, 3.63) is 46.2 Å². The maximum Gasteiger partial charge on any atom is 0.327 e. The summed E-state index contributed by atoms with van der Waals surface area (Å²) in [5.74, 6) is 0.424. The van der Waals surface area contributed by atoms with Crippen molar-refractivity contribution in [2.75, 3.05) is 13.2 Å². The standard InChI is InChI=1S/C15H17BrN2O3/c1-11-9-12(2)18(17-11)10-15(19)21-8-7-20-14-5-3-13(16)4-6-14/h3-6,9H,7-8,10H2,1-2H3. The number of aromatic nitrogens is 2. The molecule has 0 aliphatic rings. The maximum absolute atomic E-state index is 11.7. The van der Waals surface area contributed by atoms with Crippen LogP contribution in [0.3, 0.4) is 0 Å². The lowest BCUT2D eigenvalue weighted by Gasteiger charge is -2.08. The summed E-state index contributed by atoms with van der Waals surface area (Å²) < 4.78 is 13.2. The fourth-order valence-corrected chi connectivity index (χ4v) is 2.11. The van der Waals surface area contributed by atoms with Crippen molar-refractivity contribution < 1.29 is 14.3 Å². The zero-order valence-electron chi connectivity index (χ0n) is 12.0. The number of hydrogen-bond acceptors (Lipinski definition) is 4. The molecule has 0 fully saturated rings. The maximum atomic E-state index is 11.7. The molecule has 0 atom stereocenters. The molecule has 5 nitrogen and oxygen atoms in total. The van der Waals surface area contributed by atoms with E-state index in [1.54, 1.807) is 4.68 Å². The van der Waals surface area contributed by atoms with Gasteiger partial charge in [-0.3, -0.25) is 9.48 Å². The molecule has 0 radical (unpaired) electrons. The van der Waals surface area contributed by atoms with Crippen molar-refractivity contribution >= 4 is 21.9 Å². The summed E-state index contributed by atoms with van der Waals surface area (Å²) in [7, 11) is 0. The highest BCUT2D eigenvalue weighted by molar-refractivity contribution is 9.10. The Hall–Kier alpha value is -1.82. The monoisotopic (exact) mass is 352 g/mol. The smallest absolute Gasteiger partial charge is 0.327 e. The van der Waals surface area contributed by atoms with E-state index in [0.717, 1.165) is 21.6 Å². The Bertz CT molecular complexity index is 608. The first kappa shape index (κ1) is 15.6. The van der Waals surface area contributed by atoms with Crippen molar-refractivity contribution in [1.29, 1.82) is 0 Å². The van der Waals surface area contributed by atoms with Crippen LogP contribution in [0.25, 0.3) is 0 Å². The SMILES string of the molecule is Cc1cc(C)n(CC(=O)OCCOc2ccc(Br)cc2)n1. The Kier molecular flexibility index (Phi) is 5.38. The quantitative estimate of drug-likeness (QED) is 0.592. The predicted octanol–water partition coefficient (Wildman–Crippen LogP) is 2.88. The first-order chi connectivity index (χ1) is 10.0. The molecule has 0 saturated carbocycles. The third kappa shape index (κ3) is 4.90. The number of halogens is 1. The lowest BCUT2D eigenvalue weighted by molar-refractivity contribution is -0.145. The van der Waals surface area contributed by atoms with Crippen LogP contribution in [0.4, 0.5) is 0 Å². The van der Waals surface area contributed by atoms with Crippen LogP contribution in [-0.2, 0) is 16.1 Å². The van der Waals surface area contributed by atoms with E-state index < -0.39 is 0 Å². The molecule has 0 unspecified atom stereocenters. The van der Waals surface area contributed by atoms with Gasteiger partial charge in [-0.15, -0.1) is 0 Å². The zero-order chi connectivity index (χ0) is 15.2. The average Bonchev–Trinajstić information content (AvgIpc) is 2.75. The Balaban J connectivity index is 1.70. The number of aryl methyl sites for hydroxylation is 2. The van der Waals surface area contributed by atoms with E-state index in [2.05, 4.69) is 21.0 Å². The van der Waals surface area contributed by atoms with Gasteiger partial charge in [-0.05, 0) is 44.2 Å². The van der Waals surface area contributed by atoms with E-state index in [-0.39, 0.29) is 19.1 Å². The van der Waals surface area contributed by atoms with Gasteiger partial charge in [-0.25, -0.2) is 0 Å². The van der Waals surface area contributed by atoms with Crippen LogP contribution in [0.2, 0.25) is 0 Å². The second-order valence-electron chi connectivity index (χ2n) is 4.61. The molecule has 0 aliphatic heterocycles. The number of rotatable bonds is 6. The van der Waals surface area contributed by atoms with Gasteiger partial charge in [0.1, 0.15) is 25.5 Å². The zero-order valence-corrected chi connectivity index (χ0v) is 13.6. The second kappa shape index (κ2) is 7.26. The largest absolute Gasteiger partial charge is 0.490 e. The number of carbonyl (C=O) groups excluding carboxylic acids is 1. The minimum atomic E-state index is -0.319. The molecule has 0 spiro atoms. The molecule has 112 valence electrons. The molecule has 0 bridgehead atoms. The molecular formula is C15H17BrN2O3. The summed E-state index contributed by atoms with van der Waals surface area (Å²) in [6.45, 7) is 4.46. The van der Waals surface area contributed by atoms with Gasteiger partial charge in [0.05, 0.1) is 5.69 Å². The molecule has 0 saturated heterocycles. The predicted molar refractivity (Wildman–Crippen MR) is 82.3 cm³/mol. The van der Waals surface area contributed by atoms with Crippen molar-refractivity contribution in [3.63, 3.8) is 0 Å². The third-order valence-electron chi connectivity index (χ3n) is 2.81. The second-order valence-corrected chi connectivity index (χ2v) is 5.52. The first-order valence-corrected chi connectivity index (χ1v) is 7.39. The van der Waals surface area contributed by atoms with E-state index >= 15 is 0 Å². The van der Waals surface area contributed by atoms with Crippen LogP contribution in [0.5, 0.6) is 5.75 Å². The highest BCUT2D eigenvalue weighted by Gasteiger charge is 2.08. The molecule has 1 aromatic heterocycles. The number of nitrogens with zero attached hydrogens (tertiary/aromatic N) is 2. The third-order valence-corrected chi connectivity index (χ3v) is 3.34. The fourth-order valence-electron chi connectivity index (χ4n) is 1.85. The molecule has 0 aliphatic carbocycles. The van der Waals surface area contributed by atoms with Gasteiger partial charge in [-0.2, -0.15) is 5.10 Å². The average molecular weight is 353 g/mol. The van der Waals surface area contributed by atoms with Gasteiger partial charge in [0.15, 0.2) is 0 Å². The minimum Gasteiger partial charge on any atom is -0.490 e. The highest BCUT2D eigenvalue weighted by atomic mass is 79.9. The summed E-state index contributed by atoms with van der Waals surface area (Å²) in [6, 6.07) is 9.40. The normalized spacial score (nSPS) is 10.4. The number of carbonyl (C=O) groups is 1. The highest BCUT2D eigenvalue weighted by Crippen LogP contribution is 2.15. The Morgan fingerprint density at radius 2 is 1.95 bits per heavy atom. The Labute approximate surface area is 132 Å². The molecule has 6 heteroatoms. The molecular weight excluding hydrogens is 336 g/mol. The molecule has 2 aromatic rings. The van der Waals surface area contributed by atoms with E-state index in [9.17, 15) is 4.79 Å². The summed E-state index contributed by atoms with van der Waals surface area (Å²) in [5.41, 5.74) is 1.83. The van der Waals surface area contributed by atoms with Crippen molar-refractivity contribution in [1.82, 2.24) is 9.78 Å². The summed E-state index contributed by atoms with van der Waals surface area (Å²) >= 11 is 3.35. The minimum absolute atomic E-state index is 0.123. The molecule has 1 aromatic carbocycles. The van der Waals surface area contributed by atoms with E-state index in [1.807, 2.05) is 44.2 Å². The van der Waals surface area contributed by atoms with Crippen LogP contribution in [-0.4, -0.2) is 29.0 Å². The summed E-state index contributed by atoms with van der Waals surface area (Å²) in [6.07, 6.45) is 0. The van der Waals surface area contributed by atoms with E-state index in [4.69, 9.17) is 9.47 Å². The van der Waals surface area contributed by atoms with Gasteiger partial charge < -0.3 is 9.47 Å². The Morgan fingerprint density at radius 1 is 1.24 bits per heavy atom. The van der Waals surface area contributed by atoms with Crippen LogP contribution in [0.1, 0.15) is 11.4 Å². The van der Waals surface area contributed by atoms with Crippen LogP contribution in [0.15, 0.2) is 34.8 Å². The molecule has 2 rings (SSSR count). The molecule has 0 N–H and O–H groups in total. The fraction of sp³-hybridized carbons (Fsp3) is 0.333. The number of esters is 1. The van der Waals surface area contributed by atoms with Crippen LogP contribution in [0, 0.1) is 13.8 Å². The van der Waals surface area contributed by atoms with Crippen molar-refractivity contribution in [2.45, 2.75) is 20.4 Å². The molecule has 1 heterocycles. The van der Waals surface area contributed by atoms with Gasteiger partial charge in [-0.1, -0.05) is 15.9 Å². The molecule has 21 heavy (non-hydrogen) atoms. The van der Waals surface area contributed by atoms with Gasteiger partial charge in [0, 0.05) is 10.2 Å². The topological polar surface area (TPSA) is 53.4 Å². The van der Waals surface area contributed by atoms with Crippen molar-refractivity contribution in [2.24, 2.45) is 0 Å². The van der Waals surface area contributed by atoms with Gasteiger partial charge in [0.2, 0.25) is 0 Å². The number of hydrogen-bond donors (Lipinski definition) is 0. The summed E-state index contributed by atoms with van der Waals surface area (Å²) in [4.78, 5) is 11.7.